The summed E-state index contributed by atoms with van der Waals surface area (Å²) in [5.74, 6) is 0.201. The maximum absolute atomic E-state index is 13.0. The average Bonchev–Trinajstić information content (AvgIpc) is 2.80. The second kappa shape index (κ2) is 9.58. The molecular weight excluding hydrogens is 398 g/mol. The number of hydrogen-bond donors (Lipinski definition) is 1. The molecule has 1 aromatic heterocycles. The first-order valence-electron chi connectivity index (χ1n) is 10.6. The van der Waals surface area contributed by atoms with E-state index in [0.29, 0.717) is 10.7 Å². The molecule has 0 atom stereocenters. The Kier molecular flexibility index (Phi) is 6.65. The van der Waals surface area contributed by atoms with Gasteiger partial charge in [-0.15, -0.1) is 0 Å². The minimum absolute atomic E-state index is 0.148. The molecule has 1 aromatic carbocycles. The molecule has 2 saturated heterocycles. The fraction of sp³-hybridized carbons (Fsp3) is 0.435. The first-order valence-corrected chi connectivity index (χ1v) is 11.0. The van der Waals surface area contributed by atoms with Crippen LogP contribution in [0, 0.1) is 11.3 Å². The van der Waals surface area contributed by atoms with Crippen molar-refractivity contribution in [1.29, 1.82) is 5.41 Å². The maximum Gasteiger partial charge on any atom is 0.320 e. The Morgan fingerprint density at radius 3 is 2.17 bits per heavy atom. The van der Waals surface area contributed by atoms with Gasteiger partial charge in [0, 0.05) is 74.9 Å². The molecular formula is C23H28ClN5O. The number of carbonyl (C=O) groups excluding carboxylic acids is 1. The van der Waals surface area contributed by atoms with Crippen LogP contribution in [0.25, 0.3) is 0 Å². The number of halogens is 1. The molecule has 2 aromatic rings. The van der Waals surface area contributed by atoms with Crippen LogP contribution in [0.5, 0.6) is 0 Å². The van der Waals surface area contributed by atoms with Crippen molar-refractivity contribution in [2.24, 2.45) is 5.92 Å². The molecule has 4 rings (SSSR count). The number of carbonyl (C=O) groups is 1. The van der Waals surface area contributed by atoms with Gasteiger partial charge in [-0.2, -0.15) is 0 Å². The van der Waals surface area contributed by atoms with Crippen molar-refractivity contribution in [3.05, 3.63) is 64.9 Å². The van der Waals surface area contributed by atoms with Gasteiger partial charge >= 0.3 is 6.03 Å². The van der Waals surface area contributed by atoms with Crippen molar-refractivity contribution in [1.82, 2.24) is 19.7 Å². The molecule has 158 valence electrons. The Morgan fingerprint density at radius 2 is 1.53 bits per heavy atom. The quantitative estimate of drug-likeness (QED) is 0.758. The molecule has 0 aliphatic carbocycles. The zero-order valence-electron chi connectivity index (χ0n) is 17.1. The van der Waals surface area contributed by atoms with E-state index in [1.165, 1.54) is 5.56 Å². The standard InChI is InChI=1S/C23H28ClN5O/c24-21-3-1-19(2-4-21)22(25)20-7-11-28(12-8-20)23(30)29-15-13-27(14-16-29)17-18-5-9-26-10-6-18/h1-6,9-10,20,25H,7-8,11-17H2. The van der Waals surface area contributed by atoms with Gasteiger partial charge in [-0.25, -0.2) is 4.79 Å². The molecule has 2 aliphatic heterocycles. The molecule has 2 fully saturated rings. The number of nitrogens with zero attached hydrogens (tertiary/aromatic N) is 4. The Hall–Kier alpha value is -2.44. The molecule has 0 bridgehead atoms. The van der Waals surface area contributed by atoms with Crippen LogP contribution >= 0.6 is 11.6 Å². The molecule has 2 amide bonds. The van der Waals surface area contributed by atoms with Crippen LogP contribution in [0.1, 0.15) is 24.0 Å². The van der Waals surface area contributed by atoms with Crippen molar-refractivity contribution in [2.75, 3.05) is 39.3 Å². The largest absolute Gasteiger partial charge is 0.325 e. The van der Waals surface area contributed by atoms with Gasteiger partial charge in [-0.3, -0.25) is 9.88 Å². The lowest BCUT2D eigenvalue weighted by Gasteiger charge is -2.39. The highest BCUT2D eigenvalue weighted by molar-refractivity contribution is 6.30. The van der Waals surface area contributed by atoms with Gasteiger partial charge in [-0.1, -0.05) is 23.7 Å². The van der Waals surface area contributed by atoms with Gasteiger partial charge in [0.05, 0.1) is 0 Å². The SMILES string of the molecule is N=C(c1ccc(Cl)cc1)C1CCN(C(=O)N2CCN(Cc3ccncc3)CC2)CC1. The van der Waals surface area contributed by atoms with Crippen LogP contribution in [-0.2, 0) is 6.54 Å². The third-order valence-corrected chi connectivity index (χ3v) is 6.38. The number of likely N-dealkylation sites (tertiary alicyclic amines) is 1. The third-order valence-electron chi connectivity index (χ3n) is 6.13. The molecule has 0 radical (unpaired) electrons. The van der Waals surface area contributed by atoms with Gasteiger partial charge < -0.3 is 15.2 Å². The Bertz CT molecular complexity index is 857. The zero-order valence-corrected chi connectivity index (χ0v) is 17.9. The summed E-state index contributed by atoms with van der Waals surface area (Å²) in [7, 11) is 0. The normalized spacial score (nSPS) is 18.4. The molecule has 1 N–H and O–H groups in total. The van der Waals surface area contributed by atoms with E-state index in [4.69, 9.17) is 17.0 Å². The van der Waals surface area contributed by atoms with Crippen molar-refractivity contribution < 1.29 is 4.79 Å². The monoisotopic (exact) mass is 425 g/mol. The molecule has 3 heterocycles. The van der Waals surface area contributed by atoms with Gasteiger partial charge in [0.2, 0.25) is 0 Å². The Morgan fingerprint density at radius 1 is 0.933 bits per heavy atom. The predicted octanol–water partition coefficient (Wildman–Crippen LogP) is 3.75. The highest BCUT2D eigenvalue weighted by Crippen LogP contribution is 2.23. The molecule has 0 unspecified atom stereocenters. The highest BCUT2D eigenvalue weighted by atomic mass is 35.5. The summed E-state index contributed by atoms with van der Waals surface area (Å²) in [5.41, 5.74) is 2.84. The van der Waals surface area contributed by atoms with Crippen LogP contribution in [0.4, 0.5) is 4.79 Å². The molecule has 6 nitrogen and oxygen atoms in total. The first-order chi connectivity index (χ1) is 14.6. The van der Waals surface area contributed by atoms with Crippen molar-refractivity contribution in [3.8, 4) is 0 Å². The van der Waals surface area contributed by atoms with E-state index in [9.17, 15) is 4.79 Å². The van der Waals surface area contributed by atoms with Gasteiger partial charge in [0.15, 0.2) is 0 Å². The number of benzene rings is 1. The smallest absolute Gasteiger partial charge is 0.320 e. The number of amides is 2. The van der Waals surface area contributed by atoms with E-state index in [0.717, 1.165) is 64.2 Å². The second-order valence-electron chi connectivity index (χ2n) is 8.08. The van der Waals surface area contributed by atoms with E-state index in [-0.39, 0.29) is 11.9 Å². The average molecular weight is 426 g/mol. The number of urea groups is 1. The molecule has 0 spiro atoms. The topological polar surface area (TPSA) is 63.5 Å². The lowest BCUT2D eigenvalue weighted by molar-refractivity contribution is 0.102. The summed E-state index contributed by atoms with van der Waals surface area (Å²) >= 11 is 5.95. The first kappa shape index (κ1) is 20.8. The van der Waals surface area contributed by atoms with E-state index < -0.39 is 0 Å². The number of nitrogens with one attached hydrogen (secondary N) is 1. The third kappa shape index (κ3) is 4.99. The van der Waals surface area contributed by atoms with Crippen molar-refractivity contribution in [2.45, 2.75) is 19.4 Å². The fourth-order valence-corrected chi connectivity index (χ4v) is 4.39. The summed E-state index contributed by atoms with van der Waals surface area (Å²) in [6.45, 7) is 5.67. The molecule has 0 saturated carbocycles. The van der Waals surface area contributed by atoms with Crippen LogP contribution in [0.15, 0.2) is 48.8 Å². The summed E-state index contributed by atoms with van der Waals surface area (Å²) in [5, 5.41) is 9.20. The number of rotatable bonds is 4. The maximum atomic E-state index is 13.0. The minimum atomic E-state index is 0.148. The number of piperazine rings is 1. The minimum Gasteiger partial charge on any atom is -0.325 e. The van der Waals surface area contributed by atoms with Gasteiger partial charge in [-0.05, 0) is 48.2 Å². The fourth-order valence-electron chi connectivity index (χ4n) is 4.27. The lowest BCUT2D eigenvalue weighted by Crippen LogP contribution is -2.54. The van der Waals surface area contributed by atoms with Gasteiger partial charge in [0.1, 0.15) is 0 Å². The number of piperidine rings is 1. The molecule has 30 heavy (non-hydrogen) atoms. The predicted molar refractivity (Wildman–Crippen MR) is 119 cm³/mol. The number of pyridine rings is 1. The number of hydrogen-bond acceptors (Lipinski definition) is 4. The van der Waals surface area contributed by atoms with E-state index in [1.807, 2.05) is 58.6 Å². The number of aromatic nitrogens is 1. The Labute approximate surface area is 183 Å². The summed E-state index contributed by atoms with van der Waals surface area (Å²) in [4.78, 5) is 23.4. The Balaban J connectivity index is 1.24. The summed E-state index contributed by atoms with van der Waals surface area (Å²) in [6, 6.07) is 11.7. The molecule has 7 heteroatoms. The summed E-state index contributed by atoms with van der Waals surface area (Å²) < 4.78 is 0. The zero-order chi connectivity index (χ0) is 20.9. The van der Waals surface area contributed by atoms with Crippen LogP contribution in [-0.4, -0.2) is 70.7 Å². The van der Waals surface area contributed by atoms with Crippen LogP contribution in [0.2, 0.25) is 5.02 Å². The van der Waals surface area contributed by atoms with E-state index in [2.05, 4.69) is 9.88 Å². The van der Waals surface area contributed by atoms with Crippen molar-refractivity contribution >= 4 is 23.3 Å². The van der Waals surface area contributed by atoms with Gasteiger partial charge in [0.25, 0.3) is 0 Å². The van der Waals surface area contributed by atoms with E-state index in [1.54, 1.807) is 0 Å². The second-order valence-corrected chi connectivity index (χ2v) is 8.52. The van der Waals surface area contributed by atoms with Crippen molar-refractivity contribution in [3.63, 3.8) is 0 Å². The van der Waals surface area contributed by atoms with Crippen LogP contribution in [0.3, 0.4) is 0 Å². The lowest BCUT2D eigenvalue weighted by atomic mass is 9.88. The van der Waals surface area contributed by atoms with E-state index >= 15 is 0 Å². The summed E-state index contributed by atoms with van der Waals surface area (Å²) in [6.07, 6.45) is 5.33. The highest BCUT2D eigenvalue weighted by Gasteiger charge is 2.30. The van der Waals surface area contributed by atoms with Crippen LogP contribution < -0.4 is 0 Å². The molecule has 2 aliphatic rings.